The van der Waals surface area contributed by atoms with E-state index in [4.69, 9.17) is 0 Å². The van der Waals surface area contributed by atoms with Crippen LogP contribution in [0.5, 0.6) is 0 Å². The lowest BCUT2D eigenvalue weighted by molar-refractivity contribution is 0.0958. The Hall–Kier alpha value is -2.47. The summed E-state index contributed by atoms with van der Waals surface area (Å²) >= 11 is 1.40. The lowest BCUT2D eigenvalue weighted by Crippen LogP contribution is -2.28. The van der Waals surface area contributed by atoms with Crippen molar-refractivity contribution in [2.75, 3.05) is 6.54 Å². The fourth-order valence-electron chi connectivity index (χ4n) is 2.27. The van der Waals surface area contributed by atoms with Gasteiger partial charge in [0.2, 0.25) is 0 Å². The predicted molar refractivity (Wildman–Crippen MR) is 87.3 cm³/mol. The number of benzene rings is 1. The summed E-state index contributed by atoms with van der Waals surface area (Å²) in [5.41, 5.74) is 0.621. The molecule has 0 saturated carbocycles. The first-order valence-corrected chi connectivity index (χ1v) is 7.81. The Kier molecular flexibility index (Phi) is 4.02. The van der Waals surface area contributed by atoms with Crippen LogP contribution in [-0.2, 0) is 13.5 Å². The number of carbonyl (C=O) groups is 1. The number of thiophene rings is 1. The monoisotopic (exact) mass is 313 g/mol. The number of fused-ring (bicyclic) bond motifs is 1. The van der Waals surface area contributed by atoms with Crippen LogP contribution in [0.2, 0.25) is 0 Å². The van der Waals surface area contributed by atoms with Crippen molar-refractivity contribution < 1.29 is 4.79 Å². The first-order chi connectivity index (χ1) is 10.7. The molecule has 6 heteroatoms. The molecule has 1 amide bonds. The van der Waals surface area contributed by atoms with E-state index in [1.165, 1.54) is 11.3 Å². The summed E-state index contributed by atoms with van der Waals surface area (Å²) in [5, 5.41) is 5.32. The van der Waals surface area contributed by atoms with Crippen LogP contribution in [0.1, 0.15) is 15.5 Å². The molecule has 0 radical (unpaired) electrons. The molecule has 0 fully saturated rings. The number of amides is 1. The second-order valence-corrected chi connectivity index (χ2v) is 5.84. The normalized spacial score (nSPS) is 10.8. The van der Waals surface area contributed by atoms with E-state index in [9.17, 15) is 9.59 Å². The van der Waals surface area contributed by atoms with Crippen LogP contribution in [0.4, 0.5) is 0 Å². The quantitative estimate of drug-likeness (QED) is 0.801. The van der Waals surface area contributed by atoms with Crippen molar-refractivity contribution in [1.82, 2.24) is 14.9 Å². The van der Waals surface area contributed by atoms with E-state index in [0.717, 1.165) is 0 Å². The van der Waals surface area contributed by atoms with E-state index in [1.807, 2.05) is 29.6 Å². The number of hydrogen-bond acceptors (Lipinski definition) is 4. The topological polar surface area (TPSA) is 64.0 Å². The molecule has 3 aromatic rings. The molecule has 0 atom stereocenters. The Morgan fingerprint density at radius 2 is 2.09 bits per heavy atom. The van der Waals surface area contributed by atoms with E-state index < -0.39 is 0 Å². The third-order valence-electron chi connectivity index (χ3n) is 3.45. The average molecular weight is 313 g/mol. The zero-order valence-corrected chi connectivity index (χ0v) is 12.9. The summed E-state index contributed by atoms with van der Waals surface area (Å²) in [6, 6.07) is 10.9. The van der Waals surface area contributed by atoms with Gasteiger partial charge in [0.05, 0.1) is 15.8 Å². The number of aromatic nitrogens is 2. The van der Waals surface area contributed by atoms with Crippen LogP contribution in [0.3, 0.4) is 0 Å². The zero-order valence-electron chi connectivity index (χ0n) is 12.1. The Labute approximate surface area is 131 Å². The molecule has 0 aliphatic rings. The van der Waals surface area contributed by atoms with Gasteiger partial charge in [-0.25, -0.2) is 4.98 Å². The van der Waals surface area contributed by atoms with E-state index in [0.29, 0.717) is 34.6 Å². The maximum atomic E-state index is 12.3. The van der Waals surface area contributed by atoms with Crippen LogP contribution < -0.4 is 10.9 Å². The molecule has 3 rings (SSSR count). The molecular formula is C16H15N3O2S. The predicted octanol–water partition coefficient (Wildman–Crippen LogP) is 1.97. The van der Waals surface area contributed by atoms with Gasteiger partial charge in [-0.1, -0.05) is 18.2 Å². The Bertz CT molecular complexity index is 869. The van der Waals surface area contributed by atoms with Crippen LogP contribution in [-0.4, -0.2) is 22.0 Å². The molecule has 22 heavy (non-hydrogen) atoms. The average Bonchev–Trinajstić information content (AvgIpc) is 3.06. The van der Waals surface area contributed by atoms with E-state index in [1.54, 1.807) is 23.7 Å². The summed E-state index contributed by atoms with van der Waals surface area (Å²) in [7, 11) is 1.71. The van der Waals surface area contributed by atoms with E-state index >= 15 is 0 Å². The molecule has 2 aromatic heterocycles. The van der Waals surface area contributed by atoms with Crippen molar-refractivity contribution in [3.63, 3.8) is 0 Å². The lowest BCUT2D eigenvalue weighted by atomic mass is 10.2. The lowest BCUT2D eigenvalue weighted by Gasteiger charge is -2.09. The van der Waals surface area contributed by atoms with Crippen LogP contribution in [0, 0.1) is 0 Å². The Morgan fingerprint density at radius 1 is 1.27 bits per heavy atom. The van der Waals surface area contributed by atoms with Crippen LogP contribution in [0.25, 0.3) is 10.9 Å². The van der Waals surface area contributed by atoms with Crippen molar-refractivity contribution in [2.24, 2.45) is 7.05 Å². The summed E-state index contributed by atoms with van der Waals surface area (Å²) in [6.45, 7) is 0.440. The molecule has 0 spiro atoms. The van der Waals surface area contributed by atoms with E-state index in [2.05, 4.69) is 10.3 Å². The Morgan fingerprint density at radius 3 is 2.86 bits per heavy atom. The summed E-state index contributed by atoms with van der Waals surface area (Å²) < 4.78 is 1.54. The molecule has 0 bridgehead atoms. The number of rotatable bonds is 4. The van der Waals surface area contributed by atoms with Crippen molar-refractivity contribution in [3.05, 3.63) is 62.8 Å². The van der Waals surface area contributed by atoms with Gasteiger partial charge in [0.15, 0.2) is 0 Å². The zero-order chi connectivity index (χ0) is 15.5. The molecule has 0 aliphatic carbocycles. The smallest absolute Gasteiger partial charge is 0.261 e. The maximum Gasteiger partial charge on any atom is 0.261 e. The highest BCUT2D eigenvalue weighted by atomic mass is 32.1. The third kappa shape index (κ3) is 2.78. The second-order valence-electron chi connectivity index (χ2n) is 4.89. The first-order valence-electron chi connectivity index (χ1n) is 6.93. The highest BCUT2D eigenvalue weighted by molar-refractivity contribution is 7.12. The van der Waals surface area contributed by atoms with Crippen LogP contribution >= 0.6 is 11.3 Å². The fourth-order valence-corrected chi connectivity index (χ4v) is 2.91. The molecule has 0 unspecified atom stereocenters. The molecule has 0 saturated heterocycles. The van der Waals surface area contributed by atoms with Crippen molar-refractivity contribution >= 4 is 28.1 Å². The number of para-hydroxylation sites is 1. The number of carbonyl (C=O) groups excluding carboxylic acids is 1. The highest BCUT2D eigenvalue weighted by Crippen LogP contribution is 2.09. The van der Waals surface area contributed by atoms with Gasteiger partial charge in [-0.2, -0.15) is 0 Å². The standard InChI is InChI=1S/C16H15N3O2S/c1-19-14(8-9-17-15(20)13-7-4-10-22-13)18-12-6-3-2-5-11(12)16(19)21/h2-7,10H,8-9H2,1H3,(H,17,20). The van der Waals surface area contributed by atoms with Crippen LogP contribution in [0.15, 0.2) is 46.6 Å². The van der Waals surface area contributed by atoms with Crippen molar-refractivity contribution in [2.45, 2.75) is 6.42 Å². The summed E-state index contributed by atoms with van der Waals surface area (Å²) in [4.78, 5) is 29.3. The SMILES string of the molecule is Cn1c(CCNC(=O)c2cccs2)nc2ccccc2c1=O. The molecular weight excluding hydrogens is 298 g/mol. The van der Waals surface area contributed by atoms with Crippen molar-refractivity contribution in [3.8, 4) is 0 Å². The third-order valence-corrected chi connectivity index (χ3v) is 4.32. The minimum Gasteiger partial charge on any atom is -0.351 e. The maximum absolute atomic E-state index is 12.3. The van der Waals surface area contributed by atoms with Crippen molar-refractivity contribution in [1.29, 1.82) is 0 Å². The number of nitrogens with zero attached hydrogens (tertiary/aromatic N) is 2. The van der Waals surface area contributed by atoms with Gasteiger partial charge in [0.25, 0.3) is 11.5 Å². The minimum absolute atomic E-state index is 0.0646. The highest BCUT2D eigenvalue weighted by Gasteiger charge is 2.09. The molecule has 5 nitrogen and oxygen atoms in total. The van der Waals surface area contributed by atoms with Gasteiger partial charge in [-0.05, 0) is 23.6 Å². The summed E-state index contributed by atoms with van der Waals surface area (Å²) in [5.74, 6) is 0.566. The summed E-state index contributed by atoms with van der Waals surface area (Å²) in [6.07, 6.45) is 0.508. The van der Waals surface area contributed by atoms with Gasteiger partial charge < -0.3 is 5.32 Å². The molecule has 0 aliphatic heterocycles. The molecule has 1 N–H and O–H groups in total. The second kappa shape index (κ2) is 6.11. The van der Waals surface area contributed by atoms with E-state index in [-0.39, 0.29) is 11.5 Å². The number of nitrogens with one attached hydrogen (secondary N) is 1. The minimum atomic E-state index is -0.0965. The molecule has 2 heterocycles. The van der Waals surface area contributed by atoms with Gasteiger partial charge in [-0.3, -0.25) is 14.2 Å². The first kappa shape index (κ1) is 14.5. The van der Waals surface area contributed by atoms with Gasteiger partial charge in [0, 0.05) is 20.0 Å². The number of hydrogen-bond donors (Lipinski definition) is 1. The largest absolute Gasteiger partial charge is 0.351 e. The van der Waals surface area contributed by atoms with Gasteiger partial charge >= 0.3 is 0 Å². The fraction of sp³-hybridized carbons (Fsp3) is 0.188. The van der Waals surface area contributed by atoms with Gasteiger partial charge in [0.1, 0.15) is 5.82 Å². The molecule has 1 aromatic carbocycles. The Balaban J connectivity index is 1.75. The van der Waals surface area contributed by atoms with Gasteiger partial charge in [-0.15, -0.1) is 11.3 Å². The molecule has 112 valence electrons.